The third-order valence-corrected chi connectivity index (χ3v) is 2.72. The highest BCUT2D eigenvalue weighted by atomic mass is 16.6. The second-order valence-corrected chi connectivity index (χ2v) is 4.53. The maximum Gasteiger partial charge on any atom is 0.606 e. The minimum atomic E-state index is -1.04. The average molecular weight is 239 g/mol. The Morgan fingerprint density at radius 1 is 1.29 bits per heavy atom. The molecule has 0 radical (unpaired) electrons. The summed E-state index contributed by atoms with van der Waals surface area (Å²) in [4.78, 5) is 35.8. The van der Waals surface area contributed by atoms with Gasteiger partial charge in [-0.1, -0.05) is 0 Å². The van der Waals surface area contributed by atoms with Crippen molar-refractivity contribution in [1.29, 1.82) is 0 Å². The lowest BCUT2D eigenvalue weighted by Gasteiger charge is -2.22. The normalized spacial score (nSPS) is 22.5. The molecule has 2 aliphatic rings. The number of Topliss-reactive ketones (excluding diaryl/α,β-unsaturated/α-hetero) is 1. The molecular formula is C10H14BNO5. The fraction of sp³-hybridized carbons (Fsp3) is 0.700. The standard InChI is InChI=1S/C10H14BNO5/c1-12-5-9(14)16-11(17-10(15)6-12)4-8(13)7-2-3-7/h7H,2-6H2,1H3. The van der Waals surface area contributed by atoms with Crippen LogP contribution in [0.5, 0.6) is 0 Å². The van der Waals surface area contributed by atoms with E-state index < -0.39 is 19.1 Å². The summed E-state index contributed by atoms with van der Waals surface area (Å²) in [5.41, 5.74) is 0. The van der Waals surface area contributed by atoms with Gasteiger partial charge in [-0.05, 0) is 19.9 Å². The number of nitrogens with zero attached hydrogens (tertiary/aromatic N) is 1. The molecule has 0 aromatic carbocycles. The first kappa shape index (κ1) is 12.1. The number of hydrogen-bond donors (Lipinski definition) is 0. The fourth-order valence-electron chi connectivity index (χ4n) is 1.71. The van der Waals surface area contributed by atoms with E-state index in [1.54, 1.807) is 7.05 Å². The second-order valence-electron chi connectivity index (χ2n) is 4.53. The van der Waals surface area contributed by atoms with Crippen LogP contribution in [0, 0.1) is 5.92 Å². The van der Waals surface area contributed by atoms with Crippen molar-refractivity contribution in [1.82, 2.24) is 4.90 Å². The van der Waals surface area contributed by atoms with Gasteiger partial charge in [-0.3, -0.25) is 19.3 Å². The van der Waals surface area contributed by atoms with Crippen molar-refractivity contribution >= 4 is 24.8 Å². The number of ketones is 1. The summed E-state index contributed by atoms with van der Waals surface area (Å²) >= 11 is 0. The van der Waals surface area contributed by atoms with Gasteiger partial charge < -0.3 is 9.31 Å². The van der Waals surface area contributed by atoms with Crippen LogP contribution in [0.1, 0.15) is 12.8 Å². The van der Waals surface area contributed by atoms with E-state index in [2.05, 4.69) is 0 Å². The number of carbonyl (C=O) groups is 3. The third kappa shape index (κ3) is 3.56. The fourth-order valence-corrected chi connectivity index (χ4v) is 1.71. The molecule has 0 atom stereocenters. The molecule has 0 aromatic heterocycles. The van der Waals surface area contributed by atoms with Gasteiger partial charge in [0.2, 0.25) is 0 Å². The molecule has 0 unspecified atom stereocenters. The maximum absolute atomic E-state index is 11.6. The largest absolute Gasteiger partial charge is 0.606 e. The van der Waals surface area contributed by atoms with Crippen LogP contribution < -0.4 is 0 Å². The predicted molar refractivity (Wildman–Crippen MR) is 58.0 cm³/mol. The molecule has 92 valence electrons. The lowest BCUT2D eigenvalue weighted by Crippen LogP contribution is -2.43. The summed E-state index contributed by atoms with van der Waals surface area (Å²) in [6, 6.07) is 0. The van der Waals surface area contributed by atoms with Gasteiger partial charge in [0.15, 0.2) is 0 Å². The molecular weight excluding hydrogens is 225 g/mol. The summed E-state index contributed by atoms with van der Waals surface area (Å²) < 4.78 is 9.87. The molecule has 0 N–H and O–H groups in total. The highest BCUT2D eigenvalue weighted by molar-refractivity contribution is 6.53. The van der Waals surface area contributed by atoms with Gasteiger partial charge in [0, 0.05) is 5.92 Å². The monoisotopic (exact) mass is 239 g/mol. The molecule has 1 heterocycles. The van der Waals surface area contributed by atoms with E-state index in [4.69, 9.17) is 9.31 Å². The van der Waals surface area contributed by atoms with Crippen molar-refractivity contribution in [2.75, 3.05) is 20.1 Å². The molecule has 0 spiro atoms. The Labute approximate surface area is 99.4 Å². The summed E-state index contributed by atoms with van der Waals surface area (Å²) in [5, 5.41) is 0. The Kier molecular flexibility index (Phi) is 3.47. The molecule has 2 fully saturated rings. The van der Waals surface area contributed by atoms with E-state index in [0.29, 0.717) is 0 Å². The van der Waals surface area contributed by atoms with Crippen LogP contribution in [0.25, 0.3) is 0 Å². The smallest absolute Gasteiger partial charge is 0.498 e. The second kappa shape index (κ2) is 4.87. The zero-order valence-electron chi connectivity index (χ0n) is 9.68. The molecule has 1 aliphatic heterocycles. The Hall–Kier alpha value is -1.37. The molecule has 1 saturated heterocycles. The Morgan fingerprint density at radius 3 is 2.29 bits per heavy atom. The van der Waals surface area contributed by atoms with Gasteiger partial charge in [-0.15, -0.1) is 0 Å². The van der Waals surface area contributed by atoms with Crippen molar-refractivity contribution in [3.05, 3.63) is 0 Å². The molecule has 17 heavy (non-hydrogen) atoms. The van der Waals surface area contributed by atoms with Crippen molar-refractivity contribution in [2.24, 2.45) is 5.92 Å². The van der Waals surface area contributed by atoms with Crippen LogP contribution in [0.4, 0.5) is 0 Å². The Balaban J connectivity index is 1.92. The van der Waals surface area contributed by atoms with Gasteiger partial charge >= 0.3 is 19.1 Å². The highest BCUT2D eigenvalue weighted by Crippen LogP contribution is 2.31. The minimum Gasteiger partial charge on any atom is -0.498 e. The van der Waals surface area contributed by atoms with Gasteiger partial charge in [-0.25, -0.2) is 0 Å². The van der Waals surface area contributed by atoms with E-state index in [9.17, 15) is 14.4 Å². The van der Waals surface area contributed by atoms with Gasteiger partial charge in [0.1, 0.15) is 5.78 Å². The number of hydrogen-bond acceptors (Lipinski definition) is 6. The van der Waals surface area contributed by atoms with Crippen molar-refractivity contribution in [3.63, 3.8) is 0 Å². The maximum atomic E-state index is 11.6. The Morgan fingerprint density at radius 2 is 1.82 bits per heavy atom. The van der Waals surface area contributed by atoms with E-state index in [1.807, 2.05) is 0 Å². The van der Waals surface area contributed by atoms with E-state index in [1.165, 1.54) is 4.90 Å². The molecule has 0 aromatic rings. The Bertz CT molecular complexity index is 335. The van der Waals surface area contributed by atoms with Crippen molar-refractivity contribution < 1.29 is 23.7 Å². The first-order valence-corrected chi connectivity index (χ1v) is 5.65. The SMILES string of the molecule is CN1CC(=O)OB(CC(=O)C2CC2)OC(=O)C1. The number of rotatable bonds is 3. The van der Waals surface area contributed by atoms with Gasteiger partial charge in [0.25, 0.3) is 0 Å². The molecule has 0 bridgehead atoms. The van der Waals surface area contributed by atoms with Gasteiger partial charge in [-0.2, -0.15) is 0 Å². The van der Waals surface area contributed by atoms with E-state index in [0.717, 1.165) is 12.8 Å². The first-order valence-electron chi connectivity index (χ1n) is 5.65. The lowest BCUT2D eigenvalue weighted by molar-refractivity contribution is -0.145. The third-order valence-electron chi connectivity index (χ3n) is 2.72. The number of likely N-dealkylation sites (N-methyl/N-ethyl adjacent to an activating group) is 1. The average Bonchev–Trinajstić information content (AvgIpc) is 2.96. The molecule has 1 aliphatic carbocycles. The molecule has 1 saturated carbocycles. The van der Waals surface area contributed by atoms with Crippen LogP contribution in [0.15, 0.2) is 0 Å². The predicted octanol–water partition coefficient (Wildman–Crippen LogP) is -0.515. The zero-order chi connectivity index (χ0) is 12.4. The van der Waals surface area contributed by atoms with E-state index in [-0.39, 0.29) is 31.1 Å². The van der Waals surface area contributed by atoms with Crippen molar-refractivity contribution in [2.45, 2.75) is 19.2 Å². The molecule has 6 nitrogen and oxygen atoms in total. The topological polar surface area (TPSA) is 72.9 Å². The molecule has 7 heteroatoms. The summed E-state index contributed by atoms with van der Waals surface area (Å²) in [6.07, 6.45) is 1.75. The van der Waals surface area contributed by atoms with E-state index >= 15 is 0 Å². The number of carbonyl (C=O) groups excluding carboxylic acids is 3. The first-order chi connectivity index (χ1) is 8.04. The van der Waals surface area contributed by atoms with Crippen LogP contribution in [0.2, 0.25) is 6.32 Å². The van der Waals surface area contributed by atoms with Crippen LogP contribution in [-0.2, 0) is 23.7 Å². The quantitative estimate of drug-likeness (QED) is 0.617. The lowest BCUT2D eigenvalue weighted by atomic mass is 9.80. The zero-order valence-corrected chi connectivity index (χ0v) is 9.68. The summed E-state index contributed by atoms with van der Waals surface area (Å²) in [6.45, 7) is 0.0619. The summed E-state index contributed by atoms with van der Waals surface area (Å²) in [5.74, 6) is -0.882. The molecule has 2 rings (SSSR count). The summed E-state index contributed by atoms with van der Waals surface area (Å²) in [7, 11) is 0.579. The highest BCUT2D eigenvalue weighted by Gasteiger charge is 2.38. The van der Waals surface area contributed by atoms with Crippen LogP contribution in [-0.4, -0.2) is 49.9 Å². The molecule has 0 amide bonds. The van der Waals surface area contributed by atoms with Gasteiger partial charge in [0.05, 0.1) is 19.4 Å². The van der Waals surface area contributed by atoms with Crippen LogP contribution in [0.3, 0.4) is 0 Å². The minimum absolute atomic E-state index is 0.00419. The van der Waals surface area contributed by atoms with Crippen molar-refractivity contribution in [3.8, 4) is 0 Å². The van der Waals surface area contributed by atoms with Crippen LogP contribution >= 0.6 is 0 Å².